The van der Waals surface area contributed by atoms with E-state index in [1.165, 1.54) is 0 Å². The van der Waals surface area contributed by atoms with Gasteiger partial charge in [-0.25, -0.2) is 4.79 Å². The molecule has 4 N–H and O–H groups in total. The Kier molecular flexibility index (Phi) is 9.41. The molecule has 0 spiro atoms. The number of nitrogens with one attached hydrogen (secondary N) is 4. The lowest BCUT2D eigenvalue weighted by Gasteiger charge is -2.23. The van der Waals surface area contributed by atoms with E-state index in [4.69, 9.17) is 23.2 Å². The quantitative estimate of drug-likeness (QED) is 0.445. The summed E-state index contributed by atoms with van der Waals surface area (Å²) >= 11 is 12.0. The van der Waals surface area contributed by atoms with Gasteiger partial charge < -0.3 is 21.3 Å². The fraction of sp³-hybridized carbons (Fsp3) is 0.524. The number of nitriles is 1. The monoisotopic (exact) mass is 467 g/mol. The minimum Gasteiger partial charge on any atom is -0.356 e. The molecule has 1 saturated heterocycles. The van der Waals surface area contributed by atoms with Crippen molar-refractivity contribution in [1.82, 2.24) is 21.3 Å². The highest BCUT2D eigenvalue weighted by Crippen LogP contribution is 2.20. The number of carbonyl (C=O) groups is 3. The van der Waals surface area contributed by atoms with Gasteiger partial charge in [-0.3, -0.25) is 9.59 Å². The van der Waals surface area contributed by atoms with Gasteiger partial charge in [-0.1, -0.05) is 43.1 Å². The first-order chi connectivity index (χ1) is 14.7. The highest BCUT2D eigenvalue weighted by atomic mass is 35.5. The van der Waals surface area contributed by atoms with Crippen LogP contribution in [0.15, 0.2) is 18.2 Å². The first-order valence-electron chi connectivity index (χ1n) is 10.2. The van der Waals surface area contributed by atoms with Crippen LogP contribution in [0.3, 0.4) is 0 Å². The molecular weight excluding hydrogens is 441 g/mol. The number of benzene rings is 1. The third-order valence-electron chi connectivity index (χ3n) is 4.94. The van der Waals surface area contributed by atoms with Crippen LogP contribution in [0.5, 0.6) is 0 Å². The van der Waals surface area contributed by atoms with Crippen LogP contribution < -0.4 is 21.3 Å². The normalized spacial score (nSPS) is 17.4. The predicted molar refractivity (Wildman–Crippen MR) is 118 cm³/mol. The number of amides is 4. The van der Waals surface area contributed by atoms with Gasteiger partial charge in [0.2, 0.25) is 11.8 Å². The Labute approximate surface area is 192 Å². The van der Waals surface area contributed by atoms with E-state index in [2.05, 4.69) is 21.3 Å². The van der Waals surface area contributed by atoms with E-state index in [0.717, 1.165) is 0 Å². The summed E-state index contributed by atoms with van der Waals surface area (Å²) in [6.45, 7) is 4.59. The van der Waals surface area contributed by atoms with Crippen molar-refractivity contribution >= 4 is 41.0 Å². The molecule has 1 aliphatic rings. The summed E-state index contributed by atoms with van der Waals surface area (Å²) in [5, 5.41) is 21.0. The Hall–Kier alpha value is -2.50. The molecule has 0 aliphatic carbocycles. The third kappa shape index (κ3) is 7.93. The standard InChI is InChI=1S/C21H27Cl2N5O3/c1-12(2)7-18(20(30)27-16(10-24)8-13-5-6-25-19(13)29)28-21(31)26-11-14-3-4-15(22)9-17(14)23/h3-4,9,12-13,16,18H,5-8,11H2,1-2H3,(H,25,29)(H,27,30)(H2,26,28,31)/t13-,16-,18-/m0/s1. The van der Waals surface area contributed by atoms with Crippen LogP contribution in [0.25, 0.3) is 0 Å². The molecule has 168 valence electrons. The van der Waals surface area contributed by atoms with E-state index >= 15 is 0 Å². The molecule has 3 atom stereocenters. The van der Waals surface area contributed by atoms with Gasteiger partial charge in [-0.15, -0.1) is 0 Å². The van der Waals surface area contributed by atoms with Crippen LogP contribution in [0.1, 0.15) is 38.7 Å². The summed E-state index contributed by atoms with van der Waals surface area (Å²) in [6, 6.07) is 4.83. The van der Waals surface area contributed by atoms with Crippen LogP contribution in [0.2, 0.25) is 10.0 Å². The second kappa shape index (κ2) is 11.8. The molecule has 1 aromatic carbocycles. The molecule has 4 amide bonds. The van der Waals surface area contributed by atoms with Crippen LogP contribution in [0, 0.1) is 23.2 Å². The minimum atomic E-state index is -0.825. The Morgan fingerprint density at radius 3 is 2.61 bits per heavy atom. The molecular formula is C21H27Cl2N5O3. The maximum Gasteiger partial charge on any atom is 0.315 e. The molecule has 0 unspecified atom stereocenters. The second-order valence-corrected chi connectivity index (χ2v) is 8.79. The number of carbonyl (C=O) groups excluding carboxylic acids is 3. The largest absolute Gasteiger partial charge is 0.356 e. The van der Waals surface area contributed by atoms with Crippen LogP contribution in [-0.4, -0.2) is 36.5 Å². The second-order valence-electron chi connectivity index (χ2n) is 7.95. The Morgan fingerprint density at radius 1 is 1.29 bits per heavy atom. The van der Waals surface area contributed by atoms with E-state index in [-0.39, 0.29) is 30.7 Å². The first kappa shape index (κ1) is 24.8. The average molecular weight is 468 g/mol. The van der Waals surface area contributed by atoms with Crippen LogP contribution >= 0.6 is 23.2 Å². The van der Waals surface area contributed by atoms with E-state index in [1.807, 2.05) is 19.9 Å². The van der Waals surface area contributed by atoms with Crippen molar-refractivity contribution in [3.63, 3.8) is 0 Å². The van der Waals surface area contributed by atoms with E-state index in [0.29, 0.717) is 35.0 Å². The van der Waals surface area contributed by atoms with E-state index < -0.39 is 24.0 Å². The predicted octanol–water partition coefficient (Wildman–Crippen LogP) is 2.74. The van der Waals surface area contributed by atoms with Gasteiger partial charge in [0.1, 0.15) is 12.1 Å². The van der Waals surface area contributed by atoms with Gasteiger partial charge >= 0.3 is 6.03 Å². The van der Waals surface area contributed by atoms with Gasteiger partial charge in [-0.2, -0.15) is 5.26 Å². The number of nitrogens with zero attached hydrogens (tertiary/aromatic N) is 1. The highest BCUT2D eigenvalue weighted by molar-refractivity contribution is 6.35. The summed E-state index contributed by atoms with van der Waals surface area (Å²) < 4.78 is 0. The summed E-state index contributed by atoms with van der Waals surface area (Å²) in [6.07, 6.45) is 1.27. The van der Waals surface area contributed by atoms with Crippen molar-refractivity contribution in [3.8, 4) is 6.07 Å². The molecule has 1 aromatic rings. The maximum atomic E-state index is 12.8. The minimum absolute atomic E-state index is 0.105. The fourth-order valence-electron chi connectivity index (χ4n) is 3.32. The van der Waals surface area contributed by atoms with E-state index in [9.17, 15) is 19.6 Å². The van der Waals surface area contributed by atoms with Crippen molar-refractivity contribution in [2.75, 3.05) is 6.54 Å². The topological polar surface area (TPSA) is 123 Å². The maximum absolute atomic E-state index is 12.8. The molecule has 0 radical (unpaired) electrons. The van der Waals surface area contributed by atoms with Gasteiger partial charge in [0.05, 0.1) is 6.07 Å². The molecule has 1 aliphatic heterocycles. The number of urea groups is 1. The zero-order valence-corrected chi connectivity index (χ0v) is 19.0. The number of rotatable bonds is 9. The van der Waals surface area contributed by atoms with Gasteiger partial charge in [0.15, 0.2) is 0 Å². The van der Waals surface area contributed by atoms with Gasteiger partial charge in [-0.05, 0) is 42.9 Å². The average Bonchev–Trinajstić information content (AvgIpc) is 3.10. The fourth-order valence-corrected chi connectivity index (χ4v) is 3.80. The SMILES string of the molecule is CC(C)C[C@H](NC(=O)NCc1ccc(Cl)cc1Cl)C(=O)N[C@H](C#N)C[C@@H]1CCNC1=O. The Morgan fingerprint density at radius 2 is 2.03 bits per heavy atom. The molecule has 2 rings (SSSR count). The van der Waals surface area contributed by atoms with Crippen molar-refractivity contribution < 1.29 is 14.4 Å². The van der Waals surface area contributed by atoms with Crippen LogP contribution in [-0.2, 0) is 16.1 Å². The Bertz CT molecular complexity index is 856. The Balaban J connectivity index is 1.94. The van der Waals surface area contributed by atoms with Gasteiger partial charge in [0.25, 0.3) is 0 Å². The lowest BCUT2D eigenvalue weighted by Crippen LogP contribution is -2.52. The summed E-state index contributed by atoms with van der Waals surface area (Å²) in [5.74, 6) is -0.735. The van der Waals surface area contributed by atoms with Crippen molar-refractivity contribution in [1.29, 1.82) is 5.26 Å². The van der Waals surface area contributed by atoms with Crippen LogP contribution in [0.4, 0.5) is 4.79 Å². The summed E-state index contributed by atoms with van der Waals surface area (Å²) in [7, 11) is 0. The summed E-state index contributed by atoms with van der Waals surface area (Å²) in [4.78, 5) is 36.9. The first-order valence-corrected chi connectivity index (χ1v) is 10.9. The molecule has 8 nitrogen and oxygen atoms in total. The summed E-state index contributed by atoms with van der Waals surface area (Å²) in [5.41, 5.74) is 0.686. The van der Waals surface area contributed by atoms with Crippen molar-refractivity contribution in [2.24, 2.45) is 11.8 Å². The highest BCUT2D eigenvalue weighted by Gasteiger charge is 2.30. The molecule has 0 aromatic heterocycles. The molecule has 0 saturated carbocycles. The lowest BCUT2D eigenvalue weighted by molar-refractivity contribution is -0.125. The zero-order chi connectivity index (χ0) is 23.0. The smallest absolute Gasteiger partial charge is 0.315 e. The molecule has 31 heavy (non-hydrogen) atoms. The molecule has 10 heteroatoms. The number of hydrogen-bond acceptors (Lipinski definition) is 4. The molecule has 1 heterocycles. The molecule has 1 fully saturated rings. The van der Waals surface area contributed by atoms with Crippen molar-refractivity contribution in [2.45, 2.75) is 51.7 Å². The van der Waals surface area contributed by atoms with E-state index in [1.54, 1.807) is 18.2 Å². The molecule has 0 bridgehead atoms. The van der Waals surface area contributed by atoms with Gasteiger partial charge in [0, 0.05) is 29.1 Å². The third-order valence-corrected chi connectivity index (χ3v) is 5.53. The zero-order valence-electron chi connectivity index (χ0n) is 17.5. The van der Waals surface area contributed by atoms with Crippen molar-refractivity contribution in [3.05, 3.63) is 33.8 Å². The lowest BCUT2D eigenvalue weighted by atomic mass is 9.98. The number of hydrogen-bond donors (Lipinski definition) is 4. The number of halogens is 2.